The minimum Gasteiger partial charge on any atom is -0.497 e. The molecule has 1 aromatic carbocycles. The molecule has 0 saturated carbocycles. The molecule has 21 heavy (non-hydrogen) atoms. The van der Waals surface area contributed by atoms with E-state index in [2.05, 4.69) is 11.8 Å². The third-order valence-corrected chi connectivity index (χ3v) is 2.80. The maximum atomic E-state index is 12.2. The first kappa shape index (κ1) is 14.7. The predicted octanol–water partition coefficient (Wildman–Crippen LogP) is 2.11. The van der Waals surface area contributed by atoms with Crippen molar-refractivity contribution in [1.29, 1.82) is 0 Å². The van der Waals surface area contributed by atoms with Crippen LogP contribution >= 0.6 is 0 Å². The molecule has 0 spiro atoms. The predicted molar refractivity (Wildman–Crippen MR) is 77.2 cm³/mol. The molecule has 2 rings (SSSR count). The van der Waals surface area contributed by atoms with Gasteiger partial charge in [0, 0.05) is 12.5 Å². The Kier molecular flexibility index (Phi) is 4.62. The fourth-order valence-corrected chi connectivity index (χ4v) is 1.67. The largest absolute Gasteiger partial charge is 0.497 e. The zero-order valence-electron chi connectivity index (χ0n) is 11.8. The van der Waals surface area contributed by atoms with Crippen molar-refractivity contribution in [2.75, 3.05) is 13.7 Å². The van der Waals surface area contributed by atoms with Crippen LogP contribution in [0.1, 0.15) is 18.9 Å². The summed E-state index contributed by atoms with van der Waals surface area (Å²) in [4.78, 5) is 23.1. The molecule has 0 unspecified atom stereocenters. The second-order valence-electron chi connectivity index (χ2n) is 4.16. The van der Waals surface area contributed by atoms with Crippen LogP contribution in [0.4, 0.5) is 0 Å². The van der Waals surface area contributed by atoms with Crippen LogP contribution in [0.15, 0.2) is 33.7 Å². The van der Waals surface area contributed by atoms with Crippen molar-refractivity contribution >= 4 is 16.9 Å². The van der Waals surface area contributed by atoms with E-state index in [0.29, 0.717) is 23.1 Å². The molecular formula is C16H14O5. The third kappa shape index (κ3) is 3.42. The smallest absolute Gasteiger partial charge is 0.306 e. The fraction of sp³-hybridized carbons (Fsp3) is 0.250. The molecule has 0 N–H and O–H groups in total. The van der Waals surface area contributed by atoms with E-state index >= 15 is 0 Å². The van der Waals surface area contributed by atoms with E-state index < -0.39 is 0 Å². The molecule has 0 fully saturated rings. The summed E-state index contributed by atoms with van der Waals surface area (Å²) in [7, 11) is 1.54. The normalized spacial score (nSPS) is 9.81. The van der Waals surface area contributed by atoms with Gasteiger partial charge < -0.3 is 13.9 Å². The van der Waals surface area contributed by atoms with Crippen molar-refractivity contribution in [2.45, 2.75) is 13.3 Å². The molecule has 0 saturated heterocycles. The molecule has 0 aliphatic heterocycles. The number of benzene rings is 1. The lowest BCUT2D eigenvalue weighted by molar-refractivity contribution is -0.141. The Morgan fingerprint density at radius 3 is 2.90 bits per heavy atom. The van der Waals surface area contributed by atoms with Crippen LogP contribution < -0.4 is 10.2 Å². The number of hydrogen-bond acceptors (Lipinski definition) is 5. The summed E-state index contributed by atoms with van der Waals surface area (Å²) >= 11 is 0. The average molecular weight is 286 g/mol. The fourth-order valence-electron chi connectivity index (χ4n) is 1.67. The summed E-state index contributed by atoms with van der Waals surface area (Å²) in [5, 5.41) is 0.424. The van der Waals surface area contributed by atoms with Crippen molar-refractivity contribution in [1.82, 2.24) is 0 Å². The van der Waals surface area contributed by atoms with Crippen molar-refractivity contribution in [3.05, 3.63) is 40.2 Å². The van der Waals surface area contributed by atoms with Gasteiger partial charge in [0.15, 0.2) is 6.61 Å². The number of rotatable bonds is 3. The highest BCUT2D eigenvalue weighted by Crippen LogP contribution is 2.18. The Hall–Kier alpha value is -2.74. The highest BCUT2D eigenvalue weighted by Gasteiger charge is 2.06. The molecule has 5 nitrogen and oxygen atoms in total. The third-order valence-electron chi connectivity index (χ3n) is 2.80. The monoisotopic (exact) mass is 286 g/mol. The maximum Gasteiger partial charge on any atom is 0.306 e. The van der Waals surface area contributed by atoms with Crippen LogP contribution in [-0.2, 0) is 9.53 Å². The molecule has 0 amide bonds. The Morgan fingerprint density at radius 1 is 1.38 bits per heavy atom. The standard InChI is InChI=1S/C16H14O5/c1-3-15(17)20-8-4-5-11-10-21-14-9-12(19-2)6-7-13(14)16(11)18/h6-7,9-10H,3,8H2,1-2H3. The van der Waals surface area contributed by atoms with E-state index in [4.69, 9.17) is 13.9 Å². The molecule has 0 aliphatic rings. The molecule has 0 bridgehead atoms. The van der Waals surface area contributed by atoms with E-state index in [1.807, 2.05) is 0 Å². The lowest BCUT2D eigenvalue weighted by Crippen LogP contribution is -2.06. The quantitative estimate of drug-likeness (QED) is 0.638. The van der Waals surface area contributed by atoms with Gasteiger partial charge in [-0.15, -0.1) is 0 Å². The highest BCUT2D eigenvalue weighted by molar-refractivity contribution is 5.79. The summed E-state index contributed by atoms with van der Waals surface area (Å²) in [6.45, 7) is 1.65. The molecule has 108 valence electrons. The molecule has 0 atom stereocenters. The second-order valence-corrected chi connectivity index (χ2v) is 4.16. The first-order valence-electron chi connectivity index (χ1n) is 6.39. The lowest BCUT2D eigenvalue weighted by Gasteiger charge is -2.01. The van der Waals surface area contributed by atoms with Gasteiger partial charge in [-0.2, -0.15) is 0 Å². The SMILES string of the molecule is CCC(=O)OCC#Cc1coc2cc(OC)ccc2c1=O. The summed E-state index contributed by atoms with van der Waals surface area (Å²) in [5.74, 6) is 5.54. The van der Waals surface area contributed by atoms with E-state index in [0.717, 1.165) is 0 Å². The molecule has 2 aromatic rings. The molecule has 1 aromatic heterocycles. The van der Waals surface area contributed by atoms with E-state index in [1.165, 1.54) is 13.4 Å². The molecule has 0 aliphatic carbocycles. The summed E-state index contributed by atoms with van der Waals surface area (Å²) < 4.78 is 15.3. The Balaban J connectivity index is 2.26. The minimum absolute atomic E-state index is 0.0488. The first-order chi connectivity index (χ1) is 10.2. The Bertz CT molecular complexity index is 777. The number of methoxy groups -OCH3 is 1. The average Bonchev–Trinajstić information content (AvgIpc) is 2.52. The number of carbonyl (C=O) groups excluding carboxylic acids is 1. The zero-order chi connectivity index (χ0) is 15.2. The van der Waals surface area contributed by atoms with Gasteiger partial charge in [0.25, 0.3) is 0 Å². The summed E-state index contributed by atoms with van der Waals surface area (Å²) in [6.07, 6.45) is 1.58. The van der Waals surface area contributed by atoms with E-state index in [-0.39, 0.29) is 23.6 Å². The van der Waals surface area contributed by atoms with Crippen molar-refractivity contribution in [3.8, 4) is 17.6 Å². The molecular weight excluding hydrogens is 272 g/mol. The lowest BCUT2D eigenvalue weighted by atomic mass is 10.1. The summed E-state index contributed by atoms with van der Waals surface area (Å²) in [6, 6.07) is 4.94. The number of carbonyl (C=O) groups is 1. The first-order valence-corrected chi connectivity index (χ1v) is 6.39. The minimum atomic E-state index is -0.332. The molecule has 1 heterocycles. The Labute approximate surface area is 121 Å². The van der Waals surface area contributed by atoms with Crippen molar-refractivity contribution < 1.29 is 18.7 Å². The van der Waals surface area contributed by atoms with Crippen LogP contribution in [0.3, 0.4) is 0 Å². The van der Waals surface area contributed by atoms with Crippen molar-refractivity contribution in [2.24, 2.45) is 0 Å². The van der Waals surface area contributed by atoms with Crippen LogP contribution in [0.25, 0.3) is 11.0 Å². The number of fused-ring (bicyclic) bond motifs is 1. The van der Waals surface area contributed by atoms with Gasteiger partial charge >= 0.3 is 5.97 Å². The summed E-state index contributed by atoms with van der Waals surface area (Å²) in [5.41, 5.74) is 0.427. The Morgan fingerprint density at radius 2 is 2.19 bits per heavy atom. The second kappa shape index (κ2) is 6.62. The molecule has 0 radical (unpaired) electrons. The number of hydrogen-bond donors (Lipinski definition) is 0. The van der Waals surface area contributed by atoms with Crippen LogP contribution in [0.2, 0.25) is 0 Å². The zero-order valence-corrected chi connectivity index (χ0v) is 11.8. The van der Waals surface area contributed by atoms with Gasteiger partial charge in [-0.05, 0) is 12.1 Å². The molecule has 5 heteroatoms. The van der Waals surface area contributed by atoms with Gasteiger partial charge in [0.05, 0.1) is 12.5 Å². The van der Waals surface area contributed by atoms with Crippen molar-refractivity contribution in [3.63, 3.8) is 0 Å². The van der Waals surface area contributed by atoms with E-state index in [1.54, 1.807) is 25.1 Å². The van der Waals surface area contributed by atoms with E-state index in [9.17, 15) is 9.59 Å². The van der Waals surface area contributed by atoms with Crippen LogP contribution in [0.5, 0.6) is 5.75 Å². The van der Waals surface area contributed by atoms with Crippen LogP contribution in [-0.4, -0.2) is 19.7 Å². The van der Waals surface area contributed by atoms with Gasteiger partial charge in [0.1, 0.15) is 23.2 Å². The van der Waals surface area contributed by atoms with Crippen LogP contribution in [0, 0.1) is 11.8 Å². The van der Waals surface area contributed by atoms with Gasteiger partial charge in [-0.1, -0.05) is 18.8 Å². The number of esters is 1. The van der Waals surface area contributed by atoms with Gasteiger partial charge in [0.2, 0.25) is 5.43 Å². The maximum absolute atomic E-state index is 12.2. The highest BCUT2D eigenvalue weighted by atomic mass is 16.5. The van der Waals surface area contributed by atoms with Gasteiger partial charge in [-0.3, -0.25) is 9.59 Å². The topological polar surface area (TPSA) is 65.7 Å². The van der Waals surface area contributed by atoms with Gasteiger partial charge in [-0.25, -0.2) is 0 Å². The number of ether oxygens (including phenoxy) is 2.